The number of hydrogen-bond donors (Lipinski definition) is 0. The van der Waals surface area contributed by atoms with Gasteiger partial charge in [0.25, 0.3) is 0 Å². The van der Waals surface area contributed by atoms with E-state index in [4.69, 9.17) is 0 Å². The van der Waals surface area contributed by atoms with Crippen LogP contribution in [0.25, 0.3) is 22.4 Å². The number of rotatable bonds is 1. The standard InChI is InChI=1S/C20H15/c1-14-10-11-15-6-4-5-9-19(15)20(14)18-12-16-7-2-3-8-17(16)13-18/h2-13H,1H3. The molecule has 95 valence electrons. The van der Waals surface area contributed by atoms with E-state index in [1.54, 1.807) is 0 Å². The summed E-state index contributed by atoms with van der Waals surface area (Å²) < 4.78 is 0. The van der Waals surface area contributed by atoms with E-state index in [-0.39, 0.29) is 0 Å². The molecule has 0 atom stereocenters. The predicted molar refractivity (Wildman–Crippen MR) is 86.4 cm³/mol. The van der Waals surface area contributed by atoms with Gasteiger partial charge in [-0.15, -0.1) is 0 Å². The highest BCUT2D eigenvalue weighted by molar-refractivity contribution is 6.04. The normalized spacial score (nSPS) is 13.3. The van der Waals surface area contributed by atoms with Crippen LogP contribution in [-0.4, -0.2) is 0 Å². The van der Waals surface area contributed by atoms with Crippen molar-refractivity contribution in [2.24, 2.45) is 0 Å². The fourth-order valence-electron chi connectivity index (χ4n) is 3.06. The summed E-state index contributed by atoms with van der Waals surface area (Å²) in [6.07, 6.45) is 4.59. The SMILES string of the molecule is Cc1ccc2ccccc2c1C1=Cc2ccccc2[CH]1. The van der Waals surface area contributed by atoms with Gasteiger partial charge >= 0.3 is 0 Å². The van der Waals surface area contributed by atoms with Gasteiger partial charge in [0.2, 0.25) is 0 Å². The Labute approximate surface area is 119 Å². The molecule has 0 bridgehead atoms. The molecule has 0 fully saturated rings. The highest BCUT2D eigenvalue weighted by Crippen LogP contribution is 2.37. The van der Waals surface area contributed by atoms with E-state index in [9.17, 15) is 0 Å². The first-order valence-corrected chi connectivity index (χ1v) is 6.97. The summed E-state index contributed by atoms with van der Waals surface area (Å²) in [5, 5.41) is 2.64. The van der Waals surface area contributed by atoms with Crippen molar-refractivity contribution in [2.45, 2.75) is 6.92 Å². The van der Waals surface area contributed by atoms with Crippen LogP contribution in [0.5, 0.6) is 0 Å². The van der Waals surface area contributed by atoms with Gasteiger partial charge in [0.1, 0.15) is 0 Å². The van der Waals surface area contributed by atoms with Crippen LogP contribution in [0.3, 0.4) is 0 Å². The summed E-state index contributed by atoms with van der Waals surface area (Å²) in [6.45, 7) is 2.19. The molecule has 0 N–H and O–H groups in total. The maximum atomic E-state index is 2.30. The first-order chi connectivity index (χ1) is 9.83. The summed E-state index contributed by atoms with van der Waals surface area (Å²) >= 11 is 0. The molecule has 20 heavy (non-hydrogen) atoms. The molecule has 3 aromatic rings. The van der Waals surface area contributed by atoms with Crippen LogP contribution in [0.2, 0.25) is 0 Å². The lowest BCUT2D eigenvalue weighted by Gasteiger charge is -2.11. The lowest BCUT2D eigenvalue weighted by Crippen LogP contribution is -1.90. The molecule has 0 saturated heterocycles. The smallest absolute Gasteiger partial charge is 0.0212 e. The molecule has 0 spiro atoms. The number of aryl methyl sites for hydroxylation is 1. The molecular formula is C20H15. The Kier molecular flexibility index (Phi) is 2.50. The van der Waals surface area contributed by atoms with Crippen LogP contribution in [0, 0.1) is 13.3 Å². The van der Waals surface area contributed by atoms with Crippen LogP contribution in [-0.2, 0) is 0 Å². The van der Waals surface area contributed by atoms with E-state index < -0.39 is 0 Å². The van der Waals surface area contributed by atoms with Gasteiger partial charge in [-0.05, 0) is 45.5 Å². The molecule has 0 amide bonds. The third kappa shape index (κ3) is 1.69. The van der Waals surface area contributed by atoms with E-state index in [1.807, 2.05) is 0 Å². The molecule has 0 heteroatoms. The summed E-state index contributed by atoms with van der Waals surface area (Å²) in [5.74, 6) is 0. The third-order valence-electron chi connectivity index (χ3n) is 4.04. The van der Waals surface area contributed by atoms with Gasteiger partial charge < -0.3 is 0 Å². The topological polar surface area (TPSA) is 0 Å². The molecule has 0 aromatic heterocycles. The summed E-state index contributed by atoms with van der Waals surface area (Å²) in [6, 6.07) is 21.6. The fraction of sp³-hybridized carbons (Fsp3) is 0.0500. The fourth-order valence-corrected chi connectivity index (χ4v) is 3.06. The highest BCUT2D eigenvalue weighted by atomic mass is 14.2. The summed E-state index contributed by atoms with van der Waals surface area (Å²) in [7, 11) is 0. The van der Waals surface area contributed by atoms with Crippen molar-refractivity contribution in [1.29, 1.82) is 0 Å². The van der Waals surface area contributed by atoms with E-state index in [0.717, 1.165) is 0 Å². The van der Waals surface area contributed by atoms with Crippen molar-refractivity contribution in [3.63, 3.8) is 0 Å². The van der Waals surface area contributed by atoms with Crippen molar-refractivity contribution in [2.75, 3.05) is 0 Å². The predicted octanol–water partition coefficient (Wildman–Crippen LogP) is 5.25. The van der Waals surface area contributed by atoms with Crippen LogP contribution < -0.4 is 0 Å². The lowest BCUT2D eigenvalue weighted by atomic mass is 9.93. The van der Waals surface area contributed by atoms with Crippen LogP contribution in [0.4, 0.5) is 0 Å². The average molecular weight is 255 g/mol. The van der Waals surface area contributed by atoms with E-state index in [0.29, 0.717) is 0 Å². The number of hydrogen-bond acceptors (Lipinski definition) is 0. The van der Waals surface area contributed by atoms with Crippen molar-refractivity contribution >= 4 is 22.4 Å². The Morgan fingerprint density at radius 2 is 1.45 bits per heavy atom. The van der Waals surface area contributed by atoms with Gasteiger partial charge in [0, 0.05) is 6.42 Å². The molecular weight excluding hydrogens is 240 g/mol. The maximum absolute atomic E-state index is 2.30. The largest absolute Gasteiger partial charge is 0.0619 e. The molecule has 0 saturated carbocycles. The molecule has 0 heterocycles. The summed E-state index contributed by atoms with van der Waals surface area (Å²) in [5.41, 5.74) is 6.64. The van der Waals surface area contributed by atoms with E-state index in [1.165, 1.54) is 38.6 Å². The molecule has 3 aromatic carbocycles. The Balaban J connectivity index is 1.95. The second kappa shape index (κ2) is 4.35. The second-order valence-corrected chi connectivity index (χ2v) is 5.35. The van der Waals surface area contributed by atoms with Gasteiger partial charge in [-0.2, -0.15) is 0 Å². The highest BCUT2D eigenvalue weighted by Gasteiger charge is 2.17. The van der Waals surface area contributed by atoms with E-state index >= 15 is 0 Å². The minimum Gasteiger partial charge on any atom is -0.0619 e. The summed E-state index contributed by atoms with van der Waals surface area (Å²) in [4.78, 5) is 0. The molecule has 0 unspecified atom stereocenters. The minimum absolute atomic E-state index is 1.30. The Morgan fingerprint density at radius 1 is 0.700 bits per heavy atom. The van der Waals surface area contributed by atoms with Gasteiger partial charge in [-0.25, -0.2) is 0 Å². The number of allylic oxidation sites excluding steroid dienone is 1. The van der Waals surface area contributed by atoms with Crippen molar-refractivity contribution in [3.05, 3.63) is 89.3 Å². The van der Waals surface area contributed by atoms with Crippen molar-refractivity contribution in [1.82, 2.24) is 0 Å². The molecule has 0 nitrogen and oxygen atoms in total. The average Bonchev–Trinajstić information content (AvgIpc) is 2.90. The Bertz CT molecular complexity index is 838. The first-order valence-electron chi connectivity index (χ1n) is 6.97. The van der Waals surface area contributed by atoms with Crippen LogP contribution >= 0.6 is 0 Å². The minimum atomic E-state index is 1.30. The van der Waals surface area contributed by atoms with Gasteiger partial charge in [-0.3, -0.25) is 0 Å². The quantitative estimate of drug-likeness (QED) is 0.556. The molecule has 4 rings (SSSR count). The van der Waals surface area contributed by atoms with Gasteiger partial charge in [-0.1, -0.05) is 66.7 Å². The molecule has 1 aliphatic rings. The lowest BCUT2D eigenvalue weighted by molar-refractivity contribution is 1.45. The Hall–Kier alpha value is -2.34. The maximum Gasteiger partial charge on any atom is 0.0212 e. The van der Waals surface area contributed by atoms with Crippen LogP contribution in [0.1, 0.15) is 22.3 Å². The molecule has 0 aliphatic heterocycles. The molecule has 1 aliphatic carbocycles. The third-order valence-corrected chi connectivity index (χ3v) is 4.04. The van der Waals surface area contributed by atoms with Crippen LogP contribution in [0.15, 0.2) is 60.7 Å². The zero-order valence-electron chi connectivity index (χ0n) is 11.4. The van der Waals surface area contributed by atoms with Crippen molar-refractivity contribution < 1.29 is 0 Å². The second-order valence-electron chi connectivity index (χ2n) is 5.35. The van der Waals surface area contributed by atoms with E-state index in [2.05, 4.69) is 80.1 Å². The van der Waals surface area contributed by atoms with Gasteiger partial charge in [0.05, 0.1) is 0 Å². The molecule has 1 radical (unpaired) electrons. The first kappa shape index (κ1) is 11.5. The van der Waals surface area contributed by atoms with Gasteiger partial charge in [0.15, 0.2) is 0 Å². The monoisotopic (exact) mass is 255 g/mol. The zero-order chi connectivity index (χ0) is 13.5. The zero-order valence-corrected chi connectivity index (χ0v) is 11.4. The number of benzene rings is 3. The Morgan fingerprint density at radius 3 is 2.30 bits per heavy atom. The van der Waals surface area contributed by atoms with Crippen molar-refractivity contribution in [3.8, 4) is 0 Å². The number of fused-ring (bicyclic) bond motifs is 2.